The molecule has 0 fully saturated rings. The van der Waals surface area contributed by atoms with E-state index in [4.69, 9.17) is 4.52 Å². The van der Waals surface area contributed by atoms with Crippen LogP contribution in [0.4, 0.5) is 17.1 Å². The van der Waals surface area contributed by atoms with Crippen LogP contribution in [0.25, 0.3) is 0 Å². The molecule has 0 saturated heterocycles. The third-order valence-electron chi connectivity index (χ3n) is 5.14. The molecule has 0 aliphatic carbocycles. The zero-order valence-electron chi connectivity index (χ0n) is 18.2. The van der Waals surface area contributed by atoms with Gasteiger partial charge in [-0.05, 0) is 54.1 Å². The first kappa shape index (κ1) is 21.9. The Labute approximate surface area is 179 Å². The van der Waals surface area contributed by atoms with Gasteiger partial charge in [-0.25, -0.2) is 0 Å². The molecule has 0 aliphatic rings. The van der Waals surface area contributed by atoms with Crippen molar-refractivity contribution >= 4 is 29.7 Å². The number of hydrogen-bond acceptors (Lipinski definition) is 5. The van der Waals surface area contributed by atoms with Crippen LogP contribution in [0.3, 0.4) is 0 Å². The summed E-state index contributed by atoms with van der Waals surface area (Å²) in [4.78, 5) is 4.06. The molecule has 2 atom stereocenters. The van der Waals surface area contributed by atoms with Crippen molar-refractivity contribution in [1.82, 2.24) is 0 Å². The van der Waals surface area contributed by atoms with E-state index >= 15 is 0 Å². The zero-order valence-corrected chi connectivity index (χ0v) is 19.1. The summed E-state index contributed by atoms with van der Waals surface area (Å²) in [5.74, 6) is -0.522. The van der Waals surface area contributed by atoms with Gasteiger partial charge in [0.25, 0.3) is 7.37 Å². The minimum absolute atomic E-state index is 0.522. The number of benzene rings is 3. The Balaban J connectivity index is 2.07. The molecule has 0 aliphatic heterocycles. The normalized spacial score (nSPS) is 13.9. The summed E-state index contributed by atoms with van der Waals surface area (Å²) in [5.41, 5.74) is 3.93. The standard InChI is InChI=1S/C24H30N3O2P/c1-26(2)21-13-11-19(12-14-21)24(25-20-9-7-6-8-10-20)30(28,29-5)23-17-15-22(16-18-23)27(3)4/h6-18,24-25H,1-5H3/t24-,30-/m1/s1. The van der Waals surface area contributed by atoms with Gasteiger partial charge in [-0.15, -0.1) is 0 Å². The van der Waals surface area contributed by atoms with Crippen molar-refractivity contribution < 1.29 is 9.09 Å². The maximum Gasteiger partial charge on any atom is 0.257 e. The van der Waals surface area contributed by atoms with Crippen LogP contribution in [-0.2, 0) is 9.09 Å². The molecule has 0 spiro atoms. The third kappa shape index (κ3) is 4.69. The molecule has 158 valence electrons. The molecule has 3 aromatic rings. The lowest BCUT2D eigenvalue weighted by Gasteiger charge is -2.29. The van der Waals surface area contributed by atoms with Gasteiger partial charge in [0.15, 0.2) is 0 Å². The first-order valence-electron chi connectivity index (χ1n) is 9.87. The van der Waals surface area contributed by atoms with Crippen molar-refractivity contribution in [2.45, 2.75) is 5.78 Å². The van der Waals surface area contributed by atoms with Crippen LogP contribution in [0.15, 0.2) is 78.9 Å². The van der Waals surface area contributed by atoms with Gasteiger partial charge in [-0.1, -0.05) is 30.3 Å². The lowest BCUT2D eigenvalue weighted by molar-refractivity contribution is 0.396. The maximum absolute atomic E-state index is 14.3. The van der Waals surface area contributed by atoms with E-state index in [1.807, 2.05) is 117 Å². The minimum atomic E-state index is -3.28. The van der Waals surface area contributed by atoms with Gasteiger partial charge in [0.05, 0.1) is 0 Å². The molecule has 30 heavy (non-hydrogen) atoms. The number of nitrogens with one attached hydrogen (secondary N) is 1. The van der Waals surface area contributed by atoms with E-state index < -0.39 is 13.2 Å². The Morgan fingerprint density at radius 1 is 0.767 bits per heavy atom. The highest BCUT2D eigenvalue weighted by Gasteiger charge is 2.37. The largest absolute Gasteiger partial charge is 0.378 e. The number of anilines is 3. The number of hydrogen-bond donors (Lipinski definition) is 1. The van der Waals surface area contributed by atoms with E-state index in [0.29, 0.717) is 5.30 Å². The van der Waals surface area contributed by atoms with Crippen molar-refractivity contribution in [1.29, 1.82) is 0 Å². The monoisotopic (exact) mass is 423 g/mol. The second-order valence-corrected chi connectivity index (χ2v) is 10.2. The average Bonchev–Trinajstić information content (AvgIpc) is 2.78. The van der Waals surface area contributed by atoms with Gasteiger partial charge in [0.2, 0.25) is 0 Å². The molecule has 3 aromatic carbocycles. The Bertz CT molecular complexity index is 987. The van der Waals surface area contributed by atoms with Crippen LogP contribution in [0.2, 0.25) is 0 Å². The van der Waals surface area contributed by atoms with Crippen LogP contribution in [0.5, 0.6) is 0 Å². The van der Waals surface area contributed by atoms with Crippen LogP contribution < -0.4 is 20.4 Å². The topological polar surface area (TPSA) is 44.8 Å². The van der Waals surface area contributed by atoms with E-state index in [9.17, 15) is 4.57 Å². The van der Waals surface area contributed by atoms with Crippen molar-refractivity contribution in [2.75, 3.05) is 50.4 Å². The van der Waals surface area contributed by atoms with Crippen LogP contribution in [-0.4, -0.2) is 35.3 Å². The molecular weight excluding hydrogens is 393 g/mol. The van der Waals surface area contributed by atoms with Crippen LogP contribution in [0.1, 0.15) is 11.3 Å². The highest BCUT2D eigenvalue weighted by Crippen LogP contribution is 2.58. The summed E-state index contributed by atoms with van der Waals surface area (Å²) >= 11 is 0. The second-order valence-electron chi connectivity index (χ2n) is 7.59. The third-order valence-corrected chi connectivity index (χ3v) is 7.81. The van der Waals surface area contributed by atoms with E-state index in [0.717, 1.165) is 22.6 Å². The molecule has 1 N–H and O–H groups in total. The van der Waals surface area contributed by atoms with E-state index in [-0.39, 0.29) is 0 Å². The van der Waals surface area contributed by atoms with Gasteiger partial charge in [-0.2, -0.15) is 0 Å². The first-order chi connectivity index (χ1) is 14.3. The molecule has 5 nitrogen and oxygen atoms in total. The first-order valence-corrected chi connectivity index (χ1v) is 11.6. The summed E-state index contributed by atoms with van der Waals surface area (Å²) in [7, 11) is 6.21. The van der Waals surface area contributed by atoms with Gasteiger partial charge < -0.3 is 19.6 Å². The summed E-state index contributed by atoms with van der Waals surface area (Å²) in [5, 5.41) is 4.14. The van der Waals surface area contributed by atoms with E-state index in [2.05, 4.69) is 5.32 Å². The molecule has 0 heterocycles. The lowest BCUT2D eigenvalue weighted by Crippen LogP contribution is -2.20. The van der Waals surface area contributed by atoms with Crippen molar-refractivity contribution in [3.63, 3.8) is 0 Å². The Morgan fingerprint density at radius 3 is 1.73 bits per heavy atom. The Kier molecular flexibility index (Phi) is 6.86. The van der Waals surface area contributed by atoms with E-state index in [1.165, 1.54) is 7.11 Å². The van der Waals surface area contributed by atoms with Crippen molar-refractivity contribution in [3.8, 4) is 0 Å². The predicted molar refractivity (Wildman–Crippen MR) is 129 cm³/mol. The molecule has 6 heteroatoms. The molecule has 0 radical (unpaired) electrons. The number of rotatable bonds is 8. The van der Waals surface area contributed by atoms with Gasteiger partial charge in [0, 0.05) is 57.7 Å². The van der Waals surface area contributed by atoms with Crippen LogP contribution >= 0.6 is 7.37 Å². The van der Waals surface area contributed by atoms with Gasteiger partial charge in [0.1, 0.15) is 5.78 Å². The number of para-hydroxylation sites is 1. The molecule has 0 saturated carbocycles. The second kappa shape index (κ2) is 9.38. The maximum atomic E-state index is 14.3. The molecule has 0 aromatic heterocycles. The summed E-state index contributed by atoms with van der Waals surface area (Å²) < 4.78 is 20.0. The van der Waals surface area contributed by atoms with Crippen LogP contribution in [0, 0.1) is 0 Å². The molecule has 0 unspecified atom stereocenters. The fourth-order valence-electron chi connectivity index (χ4n) is 3.33. The van der Waals surface area contributed by atoms with Gasteiger partial charge in [-0.3, -0.25) is 4.57 Å². The Morgan fingerprint density at radius 2 is 1.27 bits per heavy atom. The van der Waals surface area contributed by atoms with E-state index in [1.54, 1.807) is 0 Å². The van der Waals surface area contributed by atoms with Crippen molar-refractivity contribution in [2.24, 2.45) is 0 Å². The highest BCUT2D eigenvalue weighted by atomic mass is 31.2. The Hall–Kier alpha value is -2.75. The fraction of sp³-hybridized carbons (Fsp3) is 0.250. The van der Waals surface area contributed by atoms with Crippen molar-refractivity contribution in [3.05, 3.63) is 84.4 Å². The molecule has 0 amide bonds. The molecule has 0 bridgehead atoms. The zero-order chi connectivity index (χ0) is 21.7. The molecule has 3 rings (SSSR count). The minimum Gasteiger partial charge on any atom is -0.378 e. The smallest absolute Gasteiger partial charge is 0.257 e. The average molecular weight is 423 g/mol. The molecular formula is C24H30N3O2P. The SMILES string of the molecule is CO[P@](=O)(c1ccc(N(C)C)cc1)[C@@H](Nc1ccccc1)c1ccc(N(C)C)cc1. The summed E-state index contributed by atoms with van der Waals surface area (Å²) in [6.45, 7) is 0. The summed E-state index contributed by atoms with van der Waals surface area (Å²) in [6, 6.07) is 25.6. The quantitative estimate of drug-likeness (QED) is 0.506. The predicted octanol–water partition coefficient (Wildman–Crippen LogP) is 5.18. The highest BCUT2D eigenvalue weighted by molar-refractivity contribution is 7.67. The number of nitrogens with zero attached hydrogens (tertiary/aromatic N) is 2. The van der Waals surface area contributed by atoms with Gasteiger partial charge >= 0.3 is 0 Å². The lowest BCUT2D eigenvalue weighted by atomic mass is 10.2. The fourth-order valence-corrected chi connectivity index (χ4v) is 5.50. The summed E-state index contributed by atoms with van der Waals surface area (Å²) in [6.07, 6.45) is 0.